The Kier molecular flexibility index (Phi) is 7.74. The Hall–Kier alpha value is -3.86. The predicted octanol–water partition coefficient (Wildman–Crippen LogP) is 2.36. The first-order valence-electron chi connectivity index (χ1n) is 8.41. The van der Waals surface area contributed by atoms with Crippen LogP contribution < -0.4 is 5.32 Å². The summed E-state index contributed by atoms with van der Waals surface area (Å²) in [5.74, 6) is -1.74. The van der Waals surface area contributed by atoms with E-state index in [1.807, 2.05) is 0 Å². The lowest BCUT2D eigenvalue weighted by atomic mass is 10.1. The maximum Gasteiger partial charge on any atom is 0.379 e. The summed E-state index contributed by atoms with van der Waals surface area (Å²) < 4.78 is 10.0. The quantitative estimate of drug-likeness (QED) is 0.149. The van der Waals surface area contributed by atoms with E-state index < -0.39 is 27.3 Å². The molecule has 0 spiro atoms. The summed E-state index contributed by atoms with van der Waals surface area (Å²) in [6.07, 6.45) is 0. The third-order valence-electron chi connectivity index (χ3n) is 3.63. The first-order valence-corrected chi connectivity index (χ1v) is 8.41. The van der Waals surface area contributed by atoms with E-state index in [9.17, 15) is 29.8 Å². The molecule has 0 unspecified atom stereocenters. The van der Waals surface area contributed by atoms with Gasteiger partial charge in [-0.1, -0.05) is 30.3 Å². The second-order valence-electron chi connectivity index (χ2n) is 5.59. The van der Waals surface area contributed by atoms with Crippen molar-refractivity contribution in [2.24, 2.45) is 0 Å². The van der Waals surface area contributed by atoms with Crippen LogP contribution in [0.4, 0.5) is 17.1 Å². The molecule has 0 bridgehead atoms. The first kappa shape index (κ1) is 21.4. The number of anilines is 1. The van der Waals surface area contributed by atoms with Crippen molar-refractivity contribution in [3.05, 3.63) is 74.3 Å². The van der Waals surface area contributed by atoms with E-state index in [4.69, 9.17) is 9.47 Å². The van der Waals surface area contributed by atoms with E-state index in [1.165, 1.54) is 18.2 Å². The van der Waals surface area contributed by atoms with Crippen LogP contribution in [0.15, 0.2) is 48.5 Å². The molecule has 2 rings (SSSR count). The van der Waals surface area contributed by atoms with Crippen molar-refractivity contribution in [3.8, 4) is 0 Å². The Morgan fingerprint density at radius 1 is 0.931 bits per heavy atom. The standard InChI is InChI=1S/C18H17N3O8/c22-17(13-4-2-1-3-5-13)18(23)29-11-10-28-9-8-19-15-7-6-14(20(24)25)12-16(15)21(26)27/h1-7,12,19H,8-11H2. The molecule has 152 valence electrons. The number of ketones is 1. The van der Waals surface area contributed by atoms with Gasteiger partial charge in [0.2, 0.25) is 0 Å². The van der Waals surface area contributed by atoms with Crippen molar-refractivity contribution in [1.29, 1.82) is 0 Å². The van der Waals surface area contributed by atoms with Gasteiger partial charge in [-0.15, -0.1) is 0 Å². The van der Waals surface area contributed by atoms with Crippen LogP contribution in [-0.4, -0.2) is 48.0 Å². The second-order valence-corrected chi connectivity index (χ2v) is 5.59. The smallest absolute Gasteiger partial charge is 0.379 e. The number of nitrogens with one attached hydrogen (secondary N) is 1. The number of non-ortho nitro benzene ring substituents is 1. The average molecular weight is 403 g/mol. The lowest BCUT2D eigenvalue weighted by Gasteiger charge is -2.08. The van der Waals surface area contributed by atoms with Crippen molar-refractivity contribution in [2.75, 3.05) is 31.7 Å². The number of hydrogen-bond donors (Lipinski definition) is 1. The van der Waals surface area contributed by atoms with Crippen LogP contribution in [0.25, 0.3) is 0 Å². The Morgan fingerprint density at radius 3 is 2.31 bits per heavy atom. The molecule has 0 atom stereocenters. The third-order valence-corrected chi connectivity index (χ3v) is 3.63. The average Bonchev–Trinajstić information content (AvgIpc) is 2.72. The summed E-state index contributed by atoms with van der Waals surface area (Å²) in [7, 11) is 0. The lowest BCUT2D eigenvalue weighted by molar-refractivity contribution is -0.393. The van der Waals surface area contributed by atoms with Crippen molar-refractivity contribution in [3.63, 3.8) is 0 Å². The Morgan fingerprint density at radius 2 is 1.66 bits per heavy atom. The van der Waals surface area contributed by atoms with E-state index in [0.717, 1.165) is 12.1 Å². The highest BCUT2D eigenvalue weighted by atomic mass is 16.6. The van der Waals surface area contributed by atoms with Crippen molar-refractivity contribution in [2.45, 2.75) is 0 Å². The second kappa shape index (κ2) is 10.5. The van der Waals surface area contributed by atoms with Crippen molar-refractivity contribution >= 4 is 28.8 Å². The van der Waals surface area contributed by atoms with Gasteiger partial charge in [0.15, 0.2) is 0 Å². The zero-order chi connectivity index (χ0) is 21.2. The minimum atomic E-state index is -0.987. The van der Waals surface area contributed by atoms with E-state index in [1.54, 1.807) is 18.2 Å². The summed E-state index contributed by atoms with van der Waals surface area (Å²) in [5.41, 5.74) is -0.464. The maximum absolute atomic E-state index is 11.8. The Balaban J connectivity index is 1.70. The highest BCUT2D eigenvalue weighted by Gasteiger charge is 2.19. The van der Waals surface area contributed by atoms with E-state index in [-0.39, 0.29) is 43.3 Å². The fraction of sp³-hybridized carbons (Fsp3) is 0.222. The molecule has 0 aliphatic rings. The van der Waals surface area contributed by atoms with E-state index in [0.29, 0.717) is 0 Å². The number of carbonyl (C=O) groups excluding carboxylic acids is 2. The number of hydrogen-bond acceptors (Lipinski definition) is 9. The SMILES string of the molecule is O=C(OCCOCCNc1ccc([N+](=O)[O-])cc1[N+](=O)[O-])C(=O)c1ccccc1. The number of nitro benzene ring substituents is 2. The van der Waals surface area contributed by atoms with Gasteiger partial charge in [-0.2, -0.15) is 0 Å². The van der Waals surface area contributed by atoms with Crippen LogP contribution in [-0.2, 0) is 14.3 Å². The number of rotatable bonds is 11. The zero-order valence-electron chi connectivity index (χ0n) is 15.1. The Bertz CT molecular complexity index is 901. The molecule has 11 heteroatoms. The van der Waals surface area contributed by atoms with Gasteiger partial charge < -0.3 is 14.8 Å². The zero-order valence-corrected chi connectivity index (χ0v) is 15.1. The lowest BCUT2D eigenvalue weighted by Crippen LogP contribution is -2.20. The van der Waals surface area contributed by atoms with Crippen LogP contribution in [0, 0.1) is 20.2 Å². The molecule has 0 fully saturated rings. The molecule has 0 aromatic heterocycles. The fourth-order valence-corrected chi connectivity index (χ4v) is 2.26. The number of esters is 1. The molecule has 0 saturated heterocycles. The molecule has 0 aliphatic heterocycles. The van der Waals surface area contributed by atoms with Crippen LogP contribution >= 0.6 is 0 Å². The van der Waals surface area contributed by atoms with Gasteiger partial charge >= 0.3 is 5.97 Å². The van der Waals surface area contributed by atoms with Gasteiger partial charge in [-0.3, -0.25) is 25.0 Å². The first-order chi connectivity index (χ1) is 13.9. The summed E-state index contributed by atoms with van der Waals surface area (Å²) in [5, 5.41) is 24.5. The largest absolute Gasteiger partial charge is 0.457 e. The Labute approximate surface area is 164 Å². The van der Waals surface area contributed by atoms with Gasteiger partial charge in [-0.25, -0.2) is 4.79 Å². The van der Waals surface area contributed by atoms with Crippen molar-refractivity contribution in [1.82, 2.24) is 0 Å². The molecule has 1 N–H and O–H groups in total. The molecule has 0 heterocycles. The molecular weight excluding hydrogens is 386 g/mol. The number of nitrogens with zero attached hydrogens (tertiary/aromatic N) is 2. The van der Waals surface area contributed by atoms with Crippen molar-refractivity contribution < 1.29 is 28.9 Å². The molecule has 2 aromatic carbocycles. The van der Waals surface area contributed by atoms with Crippen LogP contribution in [0.2, 0.25) is 0 Å². The fourth-order valence-electron chi connectivity index (χ4n) is 2.26. The summed E-state index contributed by atoms with van der Waals surface area (Å²) in [6, 6.07) is 11.2. The van der Waals surface area contributed by atoms with E-state index >= 15 is 0 Å². The normalized spacial score (nSPS) is 10.2. The van der Waals surface area contributed by atoms with Crippen LogP contribution in [0.3, 0.4) is 0 Å². The van der Waals surface area contributed by atoms with Gasteiger partial charge in [-0.05, 0) is 6.07 Å². The van der Waals surface area contributed by atoms with Gasteiger partial charge in [0, 0.05) is 18.2 Å². The van der Waals surface area contributed by atoms with Gasteiger partial charge in [0.25, 0.3) is 17.2 Å². The van der Waals surface area contributed by atoms with Gasteiger partial charge in [0.1, 0.15) is 12.3 Å². The molecule has 29 heavy (non-hydrogen) atoms. The molecule has 2 aromatic rings. The van der Waals surface area contributed by atoms with Gasteiger partial charge in [0.05, 0.1) is 29.1 Å². The highest BCUT2D eigenvalue weighted by molar-refractivity contribution is 6.40. The summed E-state index contributed by atoms with van der Waals surface area (Å²) in [6.45, 7) is 0.195. The molecule has 0 radical (unpaired) electrons. The molecule has 0 aliphatic carbocycles. The summed E-state index contributed by atoms with van der Waals surface area (Å²) in [4.78, 5) is 43.7. The number of Topliss-reactive ketones (excluding diaryl/α,β-unsaturated/α-hetero) is 1. The predicted molar refractivity (Wildman–Crippen MR) is 101 cm³/mol. The number of ether oxygens (including phenoxy) is 2. The monoisotopic (exact) mass is 403 g/mol. The van der Waals surface area contributed by atoms with Crippen LogP contribution in [0.5, 0.6) is 0 Å². The molecule has 0 saturated carbocycles. The topological polar surface area (TPSA) is 151 Å². The number of benzene rings is 2. The minimum absolute atomic E-state index is 0.0256. The van der Waals surface area contributed by atoms with E-state index in [2.05, 4.69) is 5.32 Å². The molecular formula is C18H17N3O8. The number of carbonyl (C=O) groups is 2. The summed E-state index contributed by atoms with van der Waals surface area (Å²) >= 11 is 0. The minimum Gasteiger partial charge on any atom is -0.457 e. The highest BCUT2D eigenvalue weighted by Crippen LogP contribution is 2.28. The third kappa shape index (κ3) is 6.36. The maximum atomic E-state index is 11.8. The number of nitro groups is 2. The van der Waals surface area contributed by atoms with Crippen LogP contribution in [0.1, 0.15) is 10.4 Å². The molecule has 0 amide bonds. The molecule has 11 nitrogen and oxygen atoms in total.